The number of rotatable bonds is 7. The molecule has 2 amide bonds. The summed E-state index contributed by atoms with van der Waals surface area (Å²) >= 11 is 0. The van der Waals surface area contributed by atoms with Crippen molar-refractivity contribution in [1.29, 1.82) is 0 Å². The number of alkyl halides is 3. The van der Waals surface area contributed by atoms with E-state index in [1.165, 1.54) is 4.90 Å². The number of benzene rings is 2. The van der Waals surface area contributed by atoms with Crippen LogP contribution >= 0.6 is 0 Å². The molecule has 2 aromatic carbocycles. The molecule has 1 saturated carbocycles. The lowest BCUT2D eigenvalue weighted by Gasteiger charge is -2.28. The van der Waals surface area contributed by atoms with Gasteiger partial charge in [0.1, 0.15) is 11.9 Å². The summed E-state index contributed by atoms with van der Waals surface area (Å²) in [5, 5.41) is 6.03. The van der Waals surface area contributed by atoms with E-state index in [9.17, 15) is 27.2 Å². The normalized spacial score (nSPS) is 18.9. The molecule has 0 bridgehead atoms. The second-order valence-corrected chi connectivity index (χ2v) is 9.29. The molecule has 2 aromatic rings. The number of likely N-dealkylation sites (tertiary alicyclic amines) is 1. The molecule has 188 valence electrons. The molecular weight excluding hydrogens is 462 g/mol. The Morgan fingerprint density at radius 1 is 1.11 bits per heavy atom. The minimum absolute atomic E-state index is 0.0397. The molecule has 9 heteroatoms. The van der Waals surface area contributed by atoms with Crippen LogP contribution in [0.1, 0.15) is 65.7 Å². The zero-order valence-corrected chi connectivity index (χ0v) is 19.7. The van der Waals surface area contributed by atoms with E-state index in [-0.39, 0.29) is 17.4 Å². The molecule has 2 aliphatic rings. The van der Waals surface area contributed by atoms with Crippen molar-refractivity contribution in [2.75, 3.05) is 18.4 Å². The highest BCUT2D eigenvalue weighted by Crippen LogP contribution is 2.43. The number of carbonyl (C=O) groups excluding carboxylic acids is 2. The third-order valence-electron chi connectivity index (χ3n) is 6.64. The summed E-state index contributed by atoms with van der Waals surface area (Å²) in [4.78, 5) is 28.3. The second-order valence-electron chi connectivity index (χ2n) is 9.29. The molecule has 1 heterocycles. The first-order valence-electron chi connectivity index (χ1n) is 11.9. The number of hydrogen-bond donors (Lipinski definition) is 2. The molecule has 4 rings (SSSR count). The maximum atomic E-state index is 14.7. The number of aryl methyl sites for hydroxylation is 1. The highest BCUT2D eigenvalue weighted by molar-refractivity contribution is 6.02. The number of nitrogens with one attached hydrogen (secondary N) is 2. The van der Waals surface area contributed by atoms with E-state index in [1.807, 2.05) is 26.0 Å². The van der Waals surface area contributed by atoms with Crippen LogP contribution in [0.3, 0.4) is 0 Å². The average molecular weight is 492 g/mol. The quantitative estimate of drug-likeness (QED) is 0.506. The van der Waals surface area contributed by atoms with E-state index in [0.717, 1.165) is 30.5 Å². The van der Waals surface area contributed by atoms with Crippen LogP contribution in [0.25, 0.3) is 0 Å². The van der Waals surface area contributed by atoms with Crippen LogP contribution in [-0.4, -0.2) is 35.8 Å². The molecule has 0 radical (unpaired) electrons. The Hall–Kier alpha value is -3.10. The second kappa shape index (κ2) is 9.87. The summed E-state index contributed by atoms with van der Waals surface area (Å²) in [6.07, 6.45) is -2.05. The number of hydrogen-bond acceptors (Lipinski definition) is 3. The van der Waals surface area contributed by atoms with Gasteiger partial charge in [-0.05, 0) is 69.7 Å². The van der Waals surface area contributed by atoms with E-state index in [1.54, 1.807) is 6.07 Å². The molecule has 5 nitrogen and oxygen atoms in total. The van der Waals surface area contributed by atoms with Gasteiger partial charge in [-0.2, -0.15) is 13.2 Å². The van der Waals surface area contributed by atoms with Crippen LogP contribution in [0.4, 0.5) is 23.2 Å². The van der Waals surface area contributed by atoms with Crippen molar-refractivity contribution in [2.45, 2.75) is 57.8 Å². The molecule has 0 aromatic heterocycles. The Kier molecular flexibility index (Phi) is 7.05. The SMILES string of the molecule is CCNc1ccc(C)cc1C(=O)N1CCC[C@@H]1C(=O)N[C@@H](c1ccc(C(F)(F)F)cc1F)C1CC1. The molecular formula is C26H29F4N3O2. The van der Waals surface area contributed by atoms with E-state index in [2.05, 4.69) is 10.6 Å². The molecule has 0 unspecified atom stereocenters. The van der Waals surface area contributed by atoms with Gasteiger partial charge in [0.2, 0.25) is 5.91 Å². The predicted octanol–water partition coefficient (Wildman–Crippen LogP) is 5.46. The summed E-state index contributed by atoms with van der Waals surface area (Å²) in [5.74, 6) is -1.71. The smallest absolute Gasteiger partial charge is 0.385 e. The molecule has 1 aliphatic heterocycles. The molecule has 2 fully saturated rings. The fraction of sp³-hybridized carbons (Fsp3) is 0.462. The van der Waals surface area contributed by atoms with E-state index in [4.69, 9.17) is 0 Å². The van der Waals surface area contributed by atoms with Crippen molar-refractivity contribution >= 4 is 17.5 Å². The summed E-state index contributed by atoms with van der Waals surface area (Å²) < 4.78 is 53.6. The van der Waals surface area contributed by atoms with Gasteiger partial charge in [-0.25, -0.2) is 4.39 Å². The van der Waals surface area contributed by atoms with Crippen molar-refractivity contribution < 1.29 is 27.2 Å². The van der Waals surface area contributed by atoms with Crippen molar-refractivity contribution in [1.82, 2.24) is 10.2 Å². The molecule has 2 N–H and O–H groups in total. The van der Waals surface area contributed by atoms with Crippen LogP contribution < -0.4 is 10.6 Å². The third kappa shape index (κ3) is 5.44. The number of nitrogens with zero attached hydrogens (tertiary/aromatic N) is 1. The summed E-state index contributed by atoms with van der Waals surface area (Å²) in [6.45, 7) is 4.87. The van der Waals surface area contributed by atoms with Crippen molar-refractivity contribution in [2.24, 2.45) is 5.92 Å². The van der Waals surface area contributed by atoms with Gasteiger partial charge in [-0.1, -0.05) is 17.7 Å². The molecule has 2 atom stereocenters. The van der Waals surface area contributed by atoms with E-state index >= 15 is 0 Å². The van der Waals surface area contributed by atoms with Crippen LogP contribution in [0.5, 0.6) is 0 Å². The largest absolute Gasteiger partial charge is 0.416 e. The minimum Gasteiger partial charge on any atom is -0.385 e. The molecule has 1 aliphatic carbocycles. The lowest BCUT2D eigenvalue weighted by molar-refractivity contribution is -0.137. The lowest BCUT2D eigenvalue weighted by Crippen LogP contribution is -2.47. The number of amides is 2. The Labute approximate surface area is 201 Å². The van der Waals surface area contributed by atoms with Crippen LogP contribution in [0, 0.1) is 18.7 Å². The monoisotopic (exact) mass is 491 g/mol. The van der Waals surface area contributed by atoms with E-state index in [0.29, 0.717) is 43.2 Å². The zero-order valence-electron chi connectivity index (χ0n) is 19.7. The lowest BCUT2D eigenvalue weighted by atomic mass is 9.99. The van der Waals surface area contributed by atoms with Crippen LogP contribution in [-0.2, 0) is 11.0 Å². The summed E-state index contributed by atoms with van der Waals surface area (Å²) in [6, 6.07) is 6.49. The number of anilines is 1. The number of halogens is 4. The van der Waals surface area contributed by atoms with Gasteiger partial charge in [-0.15, -0.1) is 0 Å². The Morgan fingerprint density at radius 3 is 2.49 bits per heavy atom. The van der Waals surface area contributed by atoms with Crippen molar-refractivity contribution in [3.8, 4) is 0 Å². The van der Waals surface area contributed by atoms with E-state index < -0.39 is 35.5 Å². The third-order valence-corrected chi connectivity index (χ3v) is 6.64. The zero-order chi connectivity index (χ0) is 25.3. The topological polar surface area (TPSA) is 61.4 Å². The maximum absolute atomic E-state index is 14.7. The van der Waals surface area contributed by atoms with Gasteiger partial charge in [0.15, 0.2) is 0 Å². The first-order chi connectivity index (χ1) is 16.6. The molecule has 0 spiro atoms. The van der Waals surface area contributed by atoms with Gasteiger partial charge in [0, 0.05) is 24.3 Å². The standard InChI is InChI=1S/C26H29F4N3O2/c1-3-31-21-11-6-15(2)13-19(21)25(35)33-12-4-5-22(33)24(34)32-23(16-7-8-16)18-10-9-17(14-20(18)27)26(28,29)30/h6,9-11,13-14,16,22-23,31H,3-5,7-8,12H2,1-2H3,(H,32,34)/t22-,23-/m1/s1. The van der Waals surface area contributed by atoms with Gasteiger partial charge in [0.05, 0.1) is 17.2 Å². The van der Waals surface area contributed by atoms with Gasteiger partial charge in [-0.3, -0.25) is 9.59 Å². The Morgan fingerprint density at radius 2 is 1.86 bits per heavy atom. The van der Waals surface area contributed by atoms with Crippen LogP contribution in [0.15, 0.2) is 36.4 Å². The molecule has 1 saturated heterocycles. The number of carbonyl (C=O) groups is 2. The molecule has 35 heavy (non-hydrogen) atoms. The van der Waals surface area contributed by atoms with Crippen molar-refractivity contribution in [3.05, 3.63) is 64.5 Å². The van der Waals surface area contributed by atoms with Gasteiger partial charge in [0.25, 0.3) is 5.91 Å². The van der Waals surface area contributed by atoms with Crippen LogP contribution in [0.2, 0.25) is 0 Å². The van der Waals surface area contributed by atoms with Gasteiger partial charge >= 0.3 is 6.18 Å². The van der Waals surface area contributed by atoms with Gasteiger partial charge < -0.3 is 15.5 Å². The first kappa shape index (κ1) is 25.0. The fourth-order valence-corrected chi connectivity index (χ4v) is 4.70. The maximum Gasteiger partial charge on any atom is 0.416 e. The summed E-state index contributed by atoms with van der Waals surface area (Å²) in [5.41, 5.74) is 1.07. The summed E-state index contributed by atoms with van der Waals surface area (Å²) in [7, 11) is 0. The highest BCUT2D eigenvalue weighted by Gasteiger charge is 2.41. The fourth-order valence-electron chi connectivity index (χ4n) is 4.70. The Bertz CT molecular complexity index is 1110. The minimum atomic E-state index is -4.65. The first-order valence-corrected chi connectivity index (χ1v) is 11.9. The Balaban J connectivity index is 1.55. The predicted molar refractivity (Wildman–Crippen MR) is 124 cm³/mol. The average Bonchev–Trinajstić information content (AvgIpc) is 3.53. The van der Waals surface area contributed by atoms with Crippen molar-refractivity contribution in [3.63, 3.8) is 0 Å². The highest BCUT2D eigenvalue weighted by atomic mass is 19.4.